The van der Waals surface area contributed by atoms with Gasteiger partial charge in [-0.2, -0.15) is 0 Å². The molecule has 0 atom stereocenters. The molecular weight excluding hydrogens is 382 g/mol. The summed E-state index contributed by atoms with van der Waals surface area (Å²) >= 11 is 1.66. The number of pyridine rings is 1. The van der Waals surface area contributed by atoms with Crippen molar-refractivity contribution >= 4 is 37.3 Å². The maximum absolute atomic E-state index is 12.1. The Morgan fingerprint density at radius 2 is 2.04 bits per heavy atom. The summed E-state index contributed by atoms with van der Waals surface area (Å²) < 4.78 is 29.3. The molecule has 0 spiro atoms. The average molecular weight is 404 g/mol. The standard InChI is InChI=1S/C19H21N3O3S2/c1-4-27(24,25)21-14-8-15(13-7-11(2)19(23)22(3)10-13)17-16(9-14)20-18(26-17)12-5-6-12/h7-10,12,21H,4-6H2,1-3H3. The van der Waals surface area contributed by atoms with Crippen molar-refractivity contribution in [3.8, 4) is 11.1 Å². The number of fused-ring (bicyclic) bond motifs is 1. The second-order valence-corrected chi connectivity index (χ2v) is 10.1. The van der Waals surface area contributed by atoms with E-state index in [0.717, 1.165) is 39.2 Å². The van der Waals surface area contributed by atoms with Crippen molar-refractivity contribution in [2.75, 3.05) is 10.5 Å². The Labute approximate surface area is 161 Å². The highest BCUT2D eigenvalue weighted by Gasteiger charge is 2.28. The first-order valence-corrected chi connectivity index (χ1v) is 11.4. The number of hydrogen-bond acceptors (Lipinski definition) is 5. The lowest BCUT2D eigenvalue weighted by Gasteiger charge is -2.11. The Balaban J connectivity index is 1.94. The predicted molar refractivity (Wildman–Crippen MR) is 110 cm³/mol. The number of aromatic nitrogens is 2. The fourth-order valence-corrected chi connectivity index (χ4v) is 4.98. The Morgan fingerprint density at radius 3 is 2.67 bits per heavy atom. The minimum absolute atomic E-state index is 0.00368. The number of nitrogens with zero attached hydrogens (tertiary/aromatic N) is 2. The fourth-order valence-electron chi connectivity index (χ4n) is 3.10. The van der Waals surface area contributed by atoms with Gasteiger partial charge in [0, 0.05) is 35.9 Å². The molecule has 1 N–H and O–H groups in total. The molecule has 0 saturated heterocycles. The van der Waals surface area contributed by atoms with E-state index in [-0.39, 0.29) is 11.3 Å². The van der Waals surface area contributed by atoms with Gasteiger partial charge in [0.25, 0.3) is 5.56 Å². The molecule has 8 heteroatoms. The summed E-state index contributed by atoms with van der Waals surface area (Å²) in [5.74, 6) is 0.525. The van der Waals surface area contributed by atoms with Crippen molar-refractivity contribution in [2.45, 2.75) is 32.6 Å². The highest BCUT2D eigenvalue weighted by atomic mass is 32.2. The van der Waals surface area contributed by atoms with Gasteiger partial charge in [-0.25, -0.2) is 13.4 Å². The summed E-state index contributed by atoms with van der Waals surface area (Å²) in [7, 11) is -1.67. The van der Waals surface area contributed by atoms with Crippen LogP contribution in [0.5, 0.6) is 0 Å². The van der Waals surface area contributed by atoms with Crippen molar-refractivity contribution in [3.63, 3.8) is 0 Å². The van der Waals surface area contributed by atoms with E-state index >= 15 is 0 Å². The molecule has 0 unspecified atom stereocenters. The molecule has 27 heavy (non-hydrogen) atoms. The Hall–Kier alpha value is -2.19. The molecule has 142 valence electrons. The summed E-state index contributed by atoms with van der Waals surface area (Å²) in [6, 6.07) is 5.48. The van der Waals surface area contributed by atoms with Crippen molar-refractivity contribution in [1.29, 1.82) is 0 Å². The van der Waals surface area contributed by atoms with Crippen molar-refractivity contribution in [3.05, 3.63) is 45.3 Å². The topological polar surface area (TPSA) is 81.1 Å². The first-order valence-electron chi connectivity index (χ1n) is 8.90. The van der Waals surface area contributed by atoms with Gasteiger partial charge in [-0.05, 0) is 44.9 Å². The van der Waals surface area contributed by atoms with E-state index in [9.17, 15) is 13.2 Å². The highest BCUT2D eigenvalue weighted by Crippen LogP contribution is 2.45. The quantitative estimate of drug-likeness (QED) is 0.706. The molecule has 0 aliphatic heterocycles. The third-order valence-electron chi connectivity index (χ3n) is 4.76. The van der Waals surface area contributed by atoms with Crippen LogP contribution in [0.1, 0.15) is 36.3 Å². The molecule has 1 fully saturated rings. The van der Waals surface area contributed by atoms with Crippen LogP contribution < -0.4 is 10.3 Å². The smallest absolute Gasteiger partial charge is 0.253 e. The summed E-state index contributed by atoms with van der Waals surface area (Å²) in [6.45, 7) is 3.39. The molecule has 0 amide bonds. The van der Waals surface area contributed by atoms with Crippen LogP contribution in [-0.4, -0.2) is 23.7 Å². The fraction of sp³-hybridized carbons (Fsp3) is 0.368. The molecule has 0 bridgehead atoms. The summed E-state index contributed by atoms with van der Waals surface area (Å²) in [5, 5.41) is 1.10. The van der Waals surface area contributed by atoms with Crippen LogP contribution in [0.15, 0.2) is 29.2 Å². The number of aryl methyl sites for hydroxylation is 2. The Kier molecular flexibility index (Phi) is 4.35. The van der Waals surface area contributed by atoms with Crippen LogP contribution in [0.4, 0.5) is 5.69 Å². The second-order valence-electron chi connectivity index (χ2n) is 7.03. The van der Waals surface area contributed by atoms with E-state index in [0.29, 0.717) is 17.2 Å². The summed E-state index contributed by atoms with van der Waals surface area (Å²) in [6.07, 6.45) is 4.10. The van der Waals surface area contributed by atoms with Crippen molar-refractivity contribution in [1.82, 2.24) is 9.55 Å². The van der Waals surface area contributed by atoms with Crippen LogP contribution in [-0.2, 0) is 17.1 Å². The number of rotatable bonds is 5. The lowest BCUT2D eigenvalue weighted by molar-refractivity contribution is 0.602. The molecule has 2 aromatic heterocycles. The molecule has 4 rings (SSSR count). The third-order valence-corrected chi connectivity index (χ3v) is 7.33. The summed E-state index contributed by atoms with van der Waals surface area (Å²) in [4.78, 5) is 16.8. The van der Waals surface area contributed by atoms with Gasteiger partial charge in [0.1, 0.15) is 0 Å². The first kappa shape index (κ1) is 18.2. The van der Waals surface area contributed by atoms with Gasteiger partial charge in [0.2, 0.25) is 10.0 Å². The second kappa shape index (κ2) is 6.45. The molecule has 6 nitrogen and oxygen atoms in total. The number of thiazole rings is 1. The zero-order chi connectivity index (χ0) is 19.3. The van der Waals surface area contributed by atoms with Gasteiger partial charge < -0.3 is 4.57 Å². The van der Waals surface area contributed by atoms with E-state index < -0.39 is 10.0 Å². The van der Waals surface area contributed by atoms with E-state index in [1.807, 2.05) is 12.1 Å². The molecule has 1 aliphatic carbocycles. The van der Waals surface area contributed by atoms with Crippen molar-refractivity contribution in [2.24, 2.45) is 7.05 Å². The van der Waals surface area contributed by atoms with Gasteiger partial charge in [-0.3, -0.25) is 9.52 Å². The van der Waals surface area contributed by atoms with Crippen molar-refractivity contribution < 1.29 is 8.42 Å². The zero-order valence-electron chi connectivity index (χ0n) is 15.4. The number of anilines is 1. The molecule has 3 aromatic rings. The molecular formula is C19H21N3O3S2. The zero-order valence-corrected chi connectivity index (χ0v) is 17.1. The van der Waals surface area contributed by atoms with Gasteiger partial charge in [0.15, 0.2) is 0 Å². The van der Waals surface area contributed by atoms with E-state index in [2.05, 4.69) is 4.72 Å². The lowest BCUT2D eigenvalue weighted by Crippen LogP contribution is -2.18. The predicted octanol–water partition coefficient (Wildman–Crippen LogP) is 3.61. The van der Waals surface area contributed by atoms with Gasteiger partial charge in [-0.1, -0.05) is 0 Å². The first-order chi connectivity index (χ1) is 12.8. The highest BCUT2D eigenvalue weighted by molar-refractivity contribution is 7.92. The minimum Gasteiger partial charge on any atom is -0.318 e. The van der Waals surface area contributed by atoms with Crippen LogP contribution in [0.2, 0.25) is 0 Å². The monoisotopic (exact) mass is 403 g/mol. The Bertz CT molecular complexity index is 1180. The minimum atomic E-state index is -3.39. The maximum atomic E-state index is 12.1. The maximum Gasteiger partial charge on any atom is 0.253 e. The third kappa shape index (κ3) is 3.51. The number of sulfonamides is 1. The number of benzene rings is 1. The van der Waals surface area contributed by atoms with Crippen LogP contribution in [0.3, 0.4) is 0 Å². The van der Waals surface area contributed by atoms with Crippen LogP contribution in [0, 0.1) is 6.92 Å². The molecule has 1 aromatic carbocycles. The van der Waals surface area contributed by atoms with E-state index in [1.54, 1.807) is 49.1 Å². The average Bonchev–Trinajstić information content (AvgIpc) is 3.38. The normalized spacial score (nSPS) is 14.6. The molecule has 2 heterocycles. The molecule has 1 saturated carbocycles. The number of nitrogens with one attached hydrogen (secondary N) is 1. The Morgan fingerprint density at radius 1 is 1.30 bits per heavy atom. The van der Waals surface area contributed by atoms with Gasteiger partial charge in [-0.15, -0.1) is 11.3 Å². The molecule has 1 aliphatic rings. The lowest BCUT2D eigenvalue weighted by atomic mass is 10.0. The van der Waals surface area contributed by atoms with Crippen LogP contribution in [0.25, 0.3) is 21.3 Å². The summed E-state index contributed by atoms with van der Waals surface area (Å²) in [5.41, 5.74) is 3.67. The van der Waals surface area contributed by atoms with Crippen LogP contribution >= 0.6 is 11.3 Å². The largest absolute Gasteiger partial charge is 0.318 e. The SMILES string of the molecule is CCS(=O)(=O)Nc1cc(-c2cc(C)c(=O)n(C)c2)c2sc(C3CC3)nc2c1. The van der Waals surface area contributed by atoms with E-state index in [1.165, 1.54) is 0 Å². The van der Waals surface area contributed by atoms with E-state index in [4.69, 9.17) is 4.98 Å². The molecule has 0 radical (unpaired) electrons. The number of hydrogen-bond donors (Lipinski definition) is 1. The van der Waals surface area contributed by atoms with Gasteiger partial charge in [0.05, 0.1) is 26.7 Å². The van der Waals surface area contributed by atoms with Gasteiger partial charge >= 0.3 is 0 Å².